The summed E-state index contributed by atoms with van der Waals surface area (Å²) in [5.74, 6) is -0.267. The van der Waals surface area contributed by atoms with Crippen LogP contribution in [0, 0.1) is 17.6 Å². The SMILES string of the molecule is CNCC1CCN(C(C)c2cc(F)cc(F)c2)CC1. The maximum absolute atomic E-state index is 13.3. The Labute approximate surface area is 113 Å². The summed E-state index contributed by atoms with van der Waals surface area (Å²) in [7, 11) is 1.98. The van der Waals surface area contributed by atoms with Gasteiger partial charge in [0.15, 0.2) is 0 Å². The number of nitrogens with one attached hydrogen (secondary N) is 1. The van der Waals surface area contributed by atoms with Crippen molar-refractivity contribution in [3.8, 4) is 0 Å². The van der Waals surface area contributed by atoms with Gasteiger partial charge in [0, 0.05) is 12.1 Å². The van der Waals surface area contributed by atoms with E-state index in [0.29, 0.717) is 0 Å². The summed E-state index contributed by atoms with van der Waals surface area (Å²) in [6, 6.07) is 3.87. The van der Waals surface area contributed by atoms with Gasteiger partial charge in [-0.25, -0.2) is 8.78 Å². The van der Waals surface area contributed by atoms with Crippen molar-refractivity contribution < 1.29 is 8.78 Å². The second kappa shape index (κ2) is 6.44. The quantitative estimate of drug-likeness (QED) is 0.903. The highest BCUT2D eigenvalue weighted by molar-refractivity contribution is 5.21. The fraction of sp³-hybridized carbons (Fsp3) is 0.600. The van der Waals surface area contributed by atoms with E-state index >= 15 is 0 Å². The molecule has 1 aliphatic heterocycles. The molecule has 0 radical (unpaired) electrons. The third-order valence-corrected chi connectivity index (χ3v) is 4.06. The van der Waals surface area contributed by atoms with Crippen LogP contribution in [-0.2, 0) is 0 Å². The lowest BCUT2D eigenvalue weighted by molar-refractivity contribution is 0.140. The maximum atomic E-state index is 13.3. The summed E-state index contributed by atoms with van der Waals surface area (Å²) in [6.07, 6.45) is 2.28. The molecular formula is C15H22F2N2. The van der Waals surface area contributed by atoms with Crippen LogP contribution < -0.4 is 5.32 Å². The zero-order valence-electron chi connectivity index (χ0n) is 11.6. The van der Waals surface area contributed by atoms with Crippen molar-refractivity contribution in [2.24, 2.45) is 5.92 Å². The number of nitrogens with zero attached hydrogens (tertiary/aromatic N) is 1. The molecule has 1 saturated heterocycles. The number of rotatable bonds is 4. The first-order valence-electron chi connectivity index (χ1n) is 6.94. The molecule has 1 aromatic carbocycles. The van der Waals surface area contributed by atoms with E-state index in [9.17, 15) is 8.78 Å². The summed E-state index contributed by atoms with van der Waals surface area (Å²) < 4.78 is 26.5. The summed E-state index contributed by atoms with van der Waals surface area (Å²) in [4.78, 5) is 2.31. The van der Waals surface area contributed by atoms with Crippen LogP contribution in [0.25, 0.3) is 0 Å². The molecule has 1 atom stereocenters. The Morgan fingerprint density at radius 3 is 2.32 bits per heavy atom. The van der Waals surface area contributed by atoms with E-state index in [1.807, 2.05) is 14.0 Å². The molecule has 0 amide bonds. The molecule has 0 aliphatic carbocycles. The van der Waals surface area contributed by atoms with E-state index in [1.54, 1.807) is 0 Å². The molecule has 0 spiro atoms. The van der Waals surface area contributed by atoms with Crippen molar-refractivity contribution in [3.05, 3.63) is 35.4 Å². The lowest BCUT2D eigenvalue weighted by atomic mass is 9.94. The zero-order valence-corrected chi connectivity index (χ0v) is 11.6. The highest BCUT2D eigenvalue weighted by Gasteiger charge is 2.23. The van der Waals surface area contributed by atoms with E-state index in [1.165, 1.54) is 12.1 Å². The van der Waals surface area contributed by atoms with Crippen LogP contribution in [-0.4, -0.2) is 31.6 Å². The monoisotopic (exact) mass is 268 g/mol. The van der Waals surface area contributed by atoms with Gasteiger partial charge in [0.1, 0.15) is 11.6 Å². The maximum Gasteiger partial charge on any atom is 0.126 e. The van der Waals surface area contributed by atoms with E-state index in [0.717, 1.165) is 50.0 Å². The van der Waals surface area contributed by atoms with Crippen molar-refractivity contribution in [2.75, 3.05) is 26.7 Å². The van der Waals surface area contributed by atoms with Crippen LogP contribution in [0.5, 0.6) is 0 Å². The molecule has 0 aromatic heterocycles. The van der Waals surface area contributed by atoms with Crippen molar-refractivity contribution in [1.29, 1.82) is 0 Å². The van der Waals surface area contributed by atoms with Gasteiger partial charge in [0.05, 0.1) is 0 Å². The second-order valence-corrected chi connectivity index (χ2v) is 5.42. The van der Waals surface area contributed by atoms with E-state index in [2.05, 4.69) is 10.2 Å². The van der Waals surface area contributed by atoms with Gasteiger partial charge in [-0.15, -0.1) is 0 Å². The Balaban J connectivity index is 1.98. The van der Waals surface area contributed by atoms with Gasteiger partial charge in [-0.2, -0.15) is 0 Å². The smallest absolute Gasteiger partial charge is 0.126 e. The zero-order chi connectivity index (χ0) is 13.8. The number of piperidine rings is 1. The van der Waals surface area contributed by atoms with E-state index in [-0.39, 0.29) is 6.04 Å². The predicted octanol–water partition coefficient (Wildman–Crippen LogP) is 2.96. The Hall–Kier alpha value is -1.00. The molecule has 0 bridgehead atoms. The molecule has 1 aromatic rings. The number of halogens is 2. The van der Waals surface area contributed by atoms with Gasteiger partial charge < -0.3 is 5.32 Å². The normalized spacial score (nSPS) is 19.6. The molecule has 4 heteroatoms. The van der Waals surface area contributed by atoms with Gasteiger partial charge in [-0.3, -0.25) is 4.90 Å². The lowest BCUT2D eigenvalue weighted by Crippen LogP contribution is -2.38. The summed E-state index contributed by atoms with van der Waals surface area (Å²) in [6.45, 7) is 5.06. The Bertz CT molecular complexity index is 394. The topological polar surface area (TPSA) is 15.3 Å². The summed E-state index contributed by atoms with van der Waals surface area (Å²) >= 11 is 0. The summed E-state index contributed by atoms with van der Waals surface area (Å²) in [5, 5.41) is 3.21. The molecule has 1 aliphatic rings. The first-order valence-corrected chi connectivity index (χ1v) is 6.94. The third-order valence-electron chi connectivity index (χ3n) is 4.06. The van der Waals surface area contributed by atoms with Gasteiger partial charge in [-0.05, 0) is 70.1 Å². The van der Waals surface area contributed by atoms with Gasteiger partial charge in [0.2, 0.25) is 0 Å². The molecule has 1 N–H and O–H groups in total. The fourth-order valence-corrected chi connectivity index (χ4v) is 2.86. The van der Waals surface area contributed by atoms with Gasteiger partial charge in [0.25, 0.3) is 0 Å². The predicted molar refractivity (Wildman–Crippen MR) is 73.0 cm³/mol. The lowest BCUT2D eigenvalue weighted by Gasteiger charge is -2.36. The minimum Gasteiger partial charge on any atom is -0.319 e. The molecule has 1 heterocycles. The van der Waals surface area contributed by atoms with Crippen LogP contribution >= 0.6 is 0 Å². The number of hydrogen-bond acceptors (Lipinski definition) is 2. The molecule has 1 unspecified atom stereocenters. The standard InChI is InChI=1S/C15H22F2N2/c1-11(13-7-14(16)9-15(17)8-13)19-5-3-12(4-6-19)10-18-2/h7-9,11-12,18H,3-6,10H2,1-2H3. The van der Waals surface area contributed by atoms with E-state index < -0.39 is 11.6 Å². The molecular weight excluding hydrogens is 246 g/mol. The van der Waals surface area contributed by atoms with Crippen molar-refractivity contribution in [1.82, 2.24) is 10.2 Å². The van der Waals surface area contributed by atoms with Crippen LogP contribution in [0.1, 0.15) is 31.4 Å². The van der Waals surface area contributed by atoms with Crippen LogP contribution in [0.15, 0.2) is 18.2 Å². The van der Waals surface area contributed by atoms with Crippen molar-refractivity contribution in [3.63, 3.8) is 0 Å². The van der Waals surface area contributed by atoms with Crippen molar-refractivity contribution >= 4 is 0 Å². The molecule has 2 nitrogen and oxygen atoms in total. The fourth-order valence-electron chi connectivity index (χ4n) is 2.86. The molecule has 19 heavy (non-hydrogen) atoms. The first-order chi connectivity index (χ1) is 9.10. The number of likely N-dealkylation sites (tertiary alicyclic amines) is 1. The van der Waals surface area contributed by atoms with Crippen LogP contribution in [0.3, 0.4) is 0 Å². The average molecular weight is 268 g/mol. The van der Waals surface area contributed by atoms with Gasteiger partial charge >= 0.3 is 0 Å². The minimum absolute atomic E-state index is 0.0701. The highest BCUT2D eigenvalue weighted by atomic mass is 19.1. The Morgan fingerprint density at radius 2 is 1.79 bits per heavy atom. The number of benzene rings is 1. The Morgan fingerprint density at radius 1 is 1.21 bits per heavy atom. The van der Waals surface area contributed by atoms with Gasteiger partial charge in [-0.1, -0.05) is 0 Å². The highest BCUT2D eigenvalue weighted by Crippen LogP contribution is 2.27. The molecule has 0 saturated carbocycles. The minimum atomic E-state index is -0.494. The molecule has 2 rings (SSSR count). The van der Waals surface area contributed by atoms with Crippen LogP contribution in [0.2, 0.25) is 0 Å². The third kappa shape index (κ3) is 3.74. The summed E-state index contributed by atoms with van der Waals surface area (Å²) in [5.41, 5.74) is 0.726. The largest absolute Gasteiger partial charge is 0.319 e. The van der Waals surface area contributed by atoms with Crippen LogP contribution in [0.4, 0.5) is 8.78 Å². The Kier molecular flexibility index (Phi) is 4.88. The van der Waals surface area contributed by atoms with Crippen molar-refractivity contribution in [2.45, 2.75) is 25.8 Å². The number of hydrogen-bond donors (Lipinski definition) is 1. The van der Waals surface area contributed by atoms with E-state index in [4.69, 9.17) is 0 Å². The second-order valence-electron chi connectivity index (χ2n) is 5.42. The average Bonchev–Trinajstić information content (AvgIpc) is 2.38. The first kappa shape index (κ1) is 14.4. The molecule has 106 valence electrons. The molecule has 1 fully saturated rings.